The second-order valence-corrected chi connectivity index (χ2v) is 5.66. The first-order valence-corrected chi connectivity index (χ1v) is 5.94. The zero-order valence-corrected chi connectivity index (χ0v) is 9.12. The molecule has 0 saturated carbocycles. The second-order valence-electron chi connectivity index (χ2n) is 3.35. The molecule has 0 aliphatic carbocycles. The van der Waals surface area contributed by atoms with E-state index in [1.807, 2.05) is 0 Å². The van der Waals surface area contributed by atoms with Crippen LogP contribution in [-0.4, -0.2) is 44.3 Å². The minimum atomic E-state index is -3.48. The highest BCUT2D eigenvalue weighted by Crippen LogP contribution is 2.16. The van der Waals surface area contributed by atoms with Crippen molar-refractivity contribution in [2.75, 3.05) is 20.3 Å². The summed E-state index contributed by atoms with van der Waals surface area (Å²) in [6, 6.07) is 1.62. The van der Waals surface area contributed by atoms with Gasteiger partial charge in [0, 0.05) is 13.7 Å². The van der Waals surface area contributed by atoms with Crippen LogP contribution in [0.2, 0.25) is 0 Å². The molecule has 1 saturated heterocycles. The summed E-state index contributed by atoms with van der Waals surface area (Å²) in [5.74, 6) is 0. The molecule has 2 unspecified atom stereocenters. The van der Waals surface area contributed by atoms with Crippen LogP contribution in [0.5, 0.6) is 0 Å². The molecule has 1 aliphatic rings. The molecule has 14 heavy (non-hydrogen) atoms. The number of rotatable bonds is 3. The van der Waals surface area contributed by atoms with Crippen LogP contribution in [0.4, 0.5) is 0 Å². The van der Waals surface area contributed by atoms with Crippen molar-refractivity contribution in [3.05, 3.63) is 0 Å². The number of sulfonamides is 1. The summed E-state index contributed by atoms with van der Waals surface area (Å²) in [5, 5.41) is 7.58. The Kier molecular flexibility index (Phi) is 3.48. The number of ether oxygens (including phenoxy) is 1. The SMILES string of the molecule is CC(C#N)S(=O)(=O)N(C)C1CCOC1. The third-order valence-corrected chi connectivity index (χ3v) is 4.55. The zero-order chi connectivity index (χ0) is 10.8. The van der Waals surface area contributed by atoms with Crippen molar-refractivity contribution in [2.45, 2.75) is 24.6 Å². The smallest absolute Gasteiger partial charge is 0.230 e. The van der Waals surface area contributed by atoms with E-state index in [0.717, 1.165) is 0 Å². The number of nitriles is 1. The van der Waals surface area contributed by atoms with E-state index < -0.39 is 15.3 Å². The van der Waals surface area contributed by atoms with Gasteiger partial charge in [0.25, 0.3) is 0 Å². The standard InChI is InChI=1S/C8H14N2O3S/c1-7(5-9)14(11,12)10(2)8-3-4-13-6-8/h7-8H,3-4,6H2,1-2H3. The Morgan fingerprint density at radius 2 is 2.29 bits per heavy atom. The molecule has 1 rings (SSSR count). The largest absolute Gasteiger partial charge is 0.380 e. The fourth-order valence-corrected chi connectivity index (χ4v) is 2.55. The first kappa shape index (κ1) is 11.4. The third kappa shape index (κ3) is 2.05. The van der Waals surface area contributed by atoms with E-state index in [4.69, 9.17) is 10.00 Å². The monoisotopic (exact) mass is 218 g/mol. The van der Waals surface area contributed by atoms with E-state index in [0.29, 0.717) is 19.6 Å². The number of hydrogen-bond donors (Lipinski definition) is 0. The van der Waals surface area contributed by atoms with Crippen LogP contribution >= 0.6 is 0 Å². The van der Waals surface area contributed by atoms with Gasteiger partial charge in [-0.25, -0.2) is 8.42 Å². The van der Waals surface area contributed by atoms with Crippen LogP contribution < -0.4 is 0 Å². The Labute approximate surface area is 84.3 Å². The predicted octanol–water partition coefficient (Wildman–Crippen LogP) is -0.0510. The van der Waals surface area contributed by atoms with Crippen molar-refractivity contribution in [1.29, 1.82) is 5.26 Å². The van der Waals surface area contributed by atoms with Crippen LogP contribution in [0, 0.1) is 11.3 Å². The molecular weight excluding hydrogens is 204 g/mol. The predicted molar refractivity (Wildman–Crippen MR) is 51.0 cm³/mol. The van der Waals surface area contributed by atoms with E-state index in [1.54, 1.807) is 6.07 Å². The molecule has 1 aliphatic heterocycles. The summed E-state index contributed by atoms with van der Waals surface area (Å²) >= 11 is 0. The summed E-state index contributed by atoms with van der Waals surface area (Å²) in [6.45, 7) is 2.40. The van der Waals surface area contributed by atoms with Gasteiger partial charge in [-0.3, -0.25) is 0 Å². The lowest BCUT2D eigenvalue weighted by Crippen LogP contribution is -2.41. The molecule has 5 nitrogen and oxygen atoms in total. The minimum absolute atomic E-state index is 0.115. The fourth-order valence-electron chi connectivity index (χ4n) is 1.33. The highest BCUT2D eigenvalue weighted by Gasteiger charge is 2.33. The van der Waals surface area contributed by atoms with E-state index in [-0.39, 0.29) is 6.04 Å². The lowest BCUT2D eigenvalue weighted by atomic mass is 10.3. The molecule has 1 heterocycles. The fraction of sp³-hybridized carbons (Fsp3) is 0.875. The van der Waals surface area contributed by atoms with Crippen LogP contribution in [-0.2, 0) is 14.8 Å². The van der Waals surface area contributed by atoms with Crippen molar-refractivity contribution in [1.82, 2.24) is 4.31 Å². The molecule has 0 radical (unpaired) electrons. The van der Waals surface area contributed by atoms with E-state index in [2.05, 4.69) is 0 Å². The normalized spacial score (nSPS) is 24.9. The molecule has 0 bridgehead atoms. The summed E-state index contributed by atoms with van der Waals surface area (Å²) in [7, 11) is -1.98. The second kappa shape index (κ2) is 4.26. The molecule has 0 amide bonds. The van der Waals surface area contributed by atoms with Gasteiger partial charge in [0.15, 0.2) is 5.25 Å². The van der Waals surface area contributed by atoms with Gasteiger partial charge >= 0.3 is 0 Å². The lowest BCUT2D eigenvalue weighted by Gasteiger charge is -2.23. The maximum Gasteiger partial charge on any atom is 0.230 e. The average Bonchev–Trinajstić information content (AvgIpc) is 2.67. The van der Waals surface area contributed by atoms with Gasteiger partial charge in [0.1, 0.15) is 0 Å². The molecule has 80 valence electrons. The first-order valence-electron chi connectivity index (χ1n) is 4.44. The molecule has 0 N–H and O–H groups in total. The van der Waals surface area contributed by atoms with Crippen LogP contribution in [0.1, 0.15) is 13.3 Å². The average molecular weight is 218 g/mol. The van der Waals surface area contributed by atoms with Gasteiger partial charge in [0.05, 0.1) is 18.7 Å². The lowest BCUT2D eigenvalue weighted by molar-refractivity contribution is 0.180. The maximum atomic E-state index is 11.7. The van der Waals surface area contributed by atoms with Gasteiger partial charge in [-0.05, 0) is 13.3 Å². The number of nitrogens with zero attached hydrogens (tertiary/aromatic N) is 2. The van der Waals surface area contributed by atoms with Crippen LogP contribution in [0.15, 0.2) is 0 Å². The van der Waals surface area contributed by atoms with Crippen molar-refractivity contribution in [3.8, 4) is 6.07 Å². The Bertz CT molecular complexity index is 327. The summed E-state index contributed by atoms with van der Waals surface area (Å²) in [4.78, 5) is 0. The Morgan fingerprint density at radius 3 is 2.71 bits per heavy atom. The van der Waals surface area contributed by atoms with Crippen molar-refractivity contribution in [2.24, 2.45) is 0 Å². The van der Waals surface area contributed by atoms with Gasteiger partial charge in [-0.15, -0.1) is 0 Å². The molecule has 0 aromatic heterocycles. The van der Waals surface area contributed by atoms with Gasteiger partial charge in [0.2, 0.25) is 10.0 Å². The van der Waals surface area contributed by atoms with Gasteiger partial charge in [-0.1, -0.05) is 0 Å². The molecule has 0 aromatic carbocycles. The summed E-state index contributed by atoms with van der Waals surface area (Å²) in [6.07, 6.45) is 0.702. The maximum absolute atomic E-state index is 11.7. The van der Waals surface area contributed by atoms with Crippen molar-refractivity contribution in [3.63, 3.8) is 0 Å². The zero-order valence-electron chi connectivity index (χ0n) is 8.30. The molecule has 2 atom stereocenters. The summed E-state index contributed by atoms with van der Waals surface area (Å²) < 4.78 is 29.7. The molecular formula is C8H14N2O3S. The minimum Gasteiger partial charge on any atom is -0.380 e. The molecule has 0 aromatic rings. The number of hydrogen-bond acceptors (Lipinski definition) is 4. The molecule has 0 spiro atoms. The first-order chi connectivity index (χ1) is 6.50. The Balaban J connectivity index is 2.77. The number of likely N-dealkylation sites (N-methyl/N-ethyl adjacent to an activating group) is 1. The Hall–Kier alpha value is -0.640. The van der Waals surface area contributed by atoms with Gasteiger partial charge in [-0.2, -0.15) is 9.57 Å². The van der Waals surface area contributed by atoms with Gasteiger partial charge < -0.3 is 4.74 Å². The quantitative estimate of drug-likeness (QED) is 0.666. The molecule has 6 heteroatoms. The summed E-state index contributed by atoms with van der Waals surface area (Å²) in [5.41, 5.74) is 0. The molecule has 1 fully saturated rings. The Morgan fingerprint density at radius 1 is 1.64 bits per heavy atom. The highest BCUT2D eigenvalue weighted by molar-refractivity contribution is 7.89. The van der Waals surface area contributed by atoms with Crippen LogP contribution in [0.25, 0.3) is 0 Å². The topological polar surface area (TPSA) is 70.4 Å². The van der Waals surface area contributed by atoms with E-state index in [9.17, 15) is 8.42 Å². The van der Waals surface area contributed by atoms with E-state index >= 15 is 0 Å². The van der Waals surface area contributed by atoms with Crippen molar-refractivity contribution < 1.29 is 13.2 Å². The highest BCUT2D eigenvalue weighted by atomic mass is 32.2. The third-order valence-electron chi connectivity index (χ3n) is 2.45. The van der Waals surface area contributed by atoms with Crippen molar-refractivity contribution >= 4 is 10.0 Å². The van der Waals surface area contributed by atoms with E-state index in [1.165, 1.54) is 18.3 Å². The van der Waals surface area contributed by atoms with Crippen LogP contribution in [0.3, 0.4) is 0 Å².